The Morgan fingerprint density at radius 1 is 1.03 bits per heavy atom. The predicted molar refractivity (Wildman–Crippen MR) is 121 cm³/mol. The Hall–Kier alpha value is -2.84. The van der Waals surface area contributed by atoms with E-state index in [-0.39, 0.29) is 5.25 Å². The Bertz CT molecular complexity index is 1350. The summed E-state index contributed by atoms with van der Waals surface area (Å²) in [5, 5.41) is 16.8. The third kappa shape index (κ3) is 2.60. The number of halogens is 1. The summed E-state index contributed by atoms with van der Waals surface area (Å²) >= 11 is 5.26. The highest BCUT2D eigenvalue weighted by Gasteiger charge is 2.35. The zero-order valence-corrected chi connectivity index (χ0v) is 18.3. The van der Waals surface area contributed by atoms with Gasteiger partial charge in [-0.2, -0.15) is 9.78 Å². The van der Waals surface area contributed by atoms with Crippen LogP contribution in [0.2, 0.25) is 0 Å². The summed E-state index contributed by atoms with van der Waals surface area (Å²) in [5.74, 6) is 2.28. The predicted octanol–water partition coefficient (Wildman–Crippen LogP) is 4.99. The molecule has 3 heterocycles. The maximum Gasteiger partial charge on any atom is 0.213 e. The van der Waals surface area contributed by atoms with Crippen LogP contribution in [0.5, 0.6) is 11.5 Å². The Labute approximate surface area is 185 Å². The zero-order chi connectivity index (χ0) is 20.2. The van der Waals surface area contributed by atoms with Gasteiger partial charge in [-0.25, -0.2) is 0 Å². The maximum atomic E-state index is 6.20. The van der Waals surface area contributed by atoms with Gasteiger partial charge in [0.2, 0.25) is 5.16 Å². The van der Waals surface area contributed by atoms with Crippen molar-refractivity contribution in [3.63, 3.8) is 0 Å². The topological polar surface area (TPSA) is 61.5 Å². The molecule has 0 radical (unpaired) electrons. The van der Waals surface area contributed by atoms with Gasteiger partial charge in [-0.3, -0.25) is 0 Å². The first-order chi connectivity index (χ1) is 14.7. The van der Waals surface area contributed by atoms with E-state index in [1.54, 1.807) is 18.9 Å². The lowest BCUT2D eigenvalue weighted by atomic mass is 9.98. The fourth-order valence-electron chi connectivity index (χ4n) is 3.93. The summed E-state index contributed by atoms with van der Waals surface area (Å²) in [6, 6.07) is 18.1. The molecule has 0 N–H and O–H groups in total. The Morgan fingerprint density at radius 2 is 1.93 bits per heavy atom. The maximum absolute atomic E-state index is 6.20. The SMILES string of the molecule is COc1ccccc1-c1nnc2n1N=C1c3ccc4c(Br)cccc4c3OCC1S2. The second kappa shape index (κ2) is 6.85. The molecule has 4 aromatic rings. The average Bonchev–Trinajstić information content (AvgIpc) is 3.20. The number of aromatic nitrogens is 3. The number of para-hydroxylation sites is 1. The summed E-state index contributed by atoms with van der Waals surface area (Å²) in [4.78, 5) is 0. The van der Waals surface area contributed by atoms with Gasteiger partial charge in [0.1, 0.15) is 18.1 Å². The standard InChI is InChI=1S/C22H15BrN4O2S/c1-28-17-8-3-2-5-14(17)21-24-25-22-27(21)26-19-15-10-9-12-13(6-4-7-16(12)23)20(15)29-11-18(19)30-22/h2-10,18H,11H2,1H3. The summed E-state index contributed by atoms with van der Waals surface area (Å²) < 4.78 is 14.6. The van der Waals surface area contributed by atoms with Gasteiger partial charge in [0, 0.05) is 15.4 Å². The second-order valence-electron chi connectivity index (χ2n) is 7.00. The molecule has 1 unspecified atom stereocenters. The van der Waals surface area contributed by atoms with Crippen molar-refractivity contribution in [3.05, 3.63) is 64.6 Å². The number of ether oxygens (including phenoxy) is 2. The lowest BCUT2D eigenvalue weighted by Gasteiger charge is -2.30. The van der Waals surface area contributed by atoms with Gasteiger partial charge in [-0.1, -0.05) is 58.0 Å². The number of rotatable bonds is 2. The monoisotopic (exact) mass is 478 g/mol. The molecule has 6 rings (SSSR count). The number of nitrogens with zero attached hydrogens (tertiary/aromatic N) is 4. The molecule has 6 nitrogen and oxygen atoms in total. The molecule has 8 heteroatoms. The van der Waals surface area contributed by atoms with Gasteiger partial charge in [0.05, 0.1) is 23.6 Å². The molecule has 0 amide bonds. The summed E-state index contributed by atoms with van der Waals surface area (Å²) in [7, 11) is 1.65. The first-order valence-electron chi connectivity index (χ1n) is 9.43. The van der Waals surface area contributed by atoms with Crippen molar-refractivity contribution in [1.29, 1.82) is 0 Å². The van der Waals surface area contributed by atoms with Crippen LogP contribution < -0.4 is 9.47 Å². The van der Waals surface area contributed by atoms with Crippen LogP contribution >= 0.6 is 27.7 Å². The second-order valence-corrected chi connectivity index (χ2v) is 9.02. The Kier molecular flexibility index (Phi) is 4.10. The third-order valence-corrected chi connectivity index (χ3v) is 7.13. The van der Waals surface area contributed by atoms with E-state index in [9.17, 15) is 0 Å². The first-order valence-corrected chi connectivity index (χ1v) is 11.1. The van der Waals surface area contributed by atoms with Crippen LogP contribution in [0, 0.1) is 0 Å². The van der Waals surface area contributed by atoms with E-state index in [0.29, 0.717) is 12.4 Å². The molecule has 148 valence electrons. The minimum atomic E-state index is 0.0734. The molecular formula is C22H15BrN4O2S. The van der Waals surface area contributed by atoms with E-state index in [2.05, 4.69) is 44.3 Å². The summed E-state index contributed by atoms with van der Waals surface area (Å²) in [6.45, 7) is 0.541. The molecule has 2 aliphatic rings. The van der Waals surface area contributed by atoms with E-state index < -0.39 is 0 Å². The van der Waals surface area contributed by atoms with Crippen molar-refractivity contribution < 1.29 is 9.47 Å². The molecule has 1 aromatic heterocycles. The molecule has 0 fully saturated rings. The van der Waals surface area contributed by atoms with Gasteiger partial charge < -0.3 is 9.47 Å². The highest BCUT2D eigenvalue weighted by molar-refractivity contribution is 9.10. The van der Waals surface area contributed by atoms with Crippen LogP contribution in [0.25, 0.3) is 22.2 Å². The number of methoxy groups -OCH3 is 1. The molecule has 0 bridgehead atoms. The van der Waals surface area contributed by atoms with Crippen LogP contribution in [-0.2, 0) is 0 Å². The van der Waals surface area contributed by atoms with Crippen LogP contribution in [0.15, 0.2) is 69.3 Å². The van der Waals surface area contributed by atoms with Gasteiger partial charge in [-0.05, 0) is 29.7 Å². The van der Waals surface area contributed by atoms with Gasteiger partial charge in [-0.15, -0.1) is 10.2 Å². The zero-order valence-electron chi connectivity index (χ0n) is 15.9. The molecule has 0 spiro atoms. The van der Waals surface area contributed by atoms with E-state index >= 15 is 0 Å². The van der Waals surface area contributed by atoms with E-state index in [1.807, 2.05) is 41.1 Å². The van der Waals surface area contributed by atoms with Gasteiger partial charge in [0.15, 0.2) is 5.82 Å². The van der Waals surface area contributed by atoms with Crippen LogP contribution in [0.4, 0.5) is 0 Å². The van der Waals surface area contributed by atoms with E-state index in [4.69, 9.17) is 14.6 Å². The number of fused-ring (bicyclic) bond motifs is 6. The van der Waals surface area contributed by atoms with E-state index in [1.165, 1.54) is 0 Å². The van der Waals surface area contributed by atoms with Crippen molar-refractivity contribution in [2.45, 2.75) is 10.4 Å². The fraction of sp³-hybridized carbons (Fsp3) is 0.136. The number of hydrogen-bond donors (Lipinski definition) is 0. The molecule has 1 atom stereocenters. The van der Waals surface area contributed by atoms with Crippen molar-refractivity contribution in [2.75, 3.05) is 13.7 Å². The van der Waals surface area contributed by atoms with Gasteiger partial charge in [0.25, 0.3) is 0 Å². The molecular weight excluding hydrogens is 464 g/mol. The highest BCUT2D eigenvalue weighted by atomic mass is 79.9. The quantitative estimate of drug-likeness (QED) is 0.406. The van der Waals surface area contributed by atoms with Crippen molar-refractivity contribution in [1.82, 2.24) is 14.9 Å². The molecule has 2 aliphatic heterocycles. The molecule has 0 saturated carbocycles. The summed E-state index contributed by atoms with van der Waals surface area (Å²) in [6.07, 6.45) is 0. The molecule has 0 saturated heterocycles. The normalized spacial score (nSPS) is 16.9. The van der Waals surface area contributed by atoms with E-state index in [0.717, 1.165) is 48.7 Å². The van der Waals surface area contributed by atoms with Crippen molar-refractivity contribution >= 4 is 44.2 Å². The number of thioether (sulfide) groups is 1. The fourth-order valence-corrected chi connectivity index (χ4v) is 5.42. The van der Waals surface area contributed by atoms with Gasteiger partial charge >= 0.3 is 0 Å². The molecule has 3 aromatic carbocycles. The lowest BCUT2D eigenvalue weighted by Crippen LogP contribution is -2.34. The first kappa shape index (κ1) is 18.0. The summed E-state index contributed by atoms with van der Waals surface area (Å²) in [5.41, 5.74) is 2.85. The average molecular weight is 479 g/mol. The Morgan fingerprint density at radius 3 is 2.83 bits per heavy atom. The molecule has 0 aliphatic carbocycles. The minimum Gasteiger partial charge on any atom is -0.496 e. The van der Waals surface area contributed by atoms with Crippen LogP contribution in [-0.4, -0.2) is 39.6 Å². The van der Waals surface area contributed by atoms with Crippen molar-refractivity contribution in [2.24, 2.45) is 5.10 Å². The largest absolute Gasteiger partial charge is 0.496 e. The van der Waals surface area contributed by atoms with Crippen molar-refractivity contribution in [3.8, 4) is 22.9 Å². The highest BCUT2D eigenvalue weighted by Crippen LogP contribution is 2.42. The van der Waals surface area contributed by atoms with Crippen LogP contribution in [0.3, 0.4) is 0 Å². The number of benzene rings is 3. The minimum absolute atomic E-state index is 0.0734. The third-order valence-electron chi connectivity index (χ3n) is 5.33. The lowest BCUT2D eigenvalue weighted by molar-refractivity contribution is 0.327. The Balaban J connectivity index is 1.55. The number of hydrogen-bond acceptors (Lipinski definition) is 6. The smallest absolute Gasteiger partial charge is 0.213 e. The molecule has 30 heavy (non-hydrogen) atoms. The van der Waals surface area contributed by atoms with Crippen LogP contribution in [0.1, 0.15) is 5.56 Å².